The van der Waals surface area contributed by atoms with Crippen LogP contribution in [0.2, 0.25) is 5.02 Å². The Labute approximate surface area is 155 Å². The largest absolute Gasteiger partial charge is 0.338 e. The van der Waals surface area contributed by atoms with E-state index in [1.165, 1.54) is 32.1 Å². The average molecular weight is 366 g/mol. The minimum Gasteiger partial charge on any atom is -0.338 e. The molecule has 138 valence electrons. The van der Waals surface area contributed by atoms with Crippen molar-refractivity contribution >= 4 is 23.2 Å². The van der Waals surface area contributed by atoms with Gasteiger partial charge in [0.05, 0.1) is 23.9 Å². The van der Waals surface area contributed by atoms with Crippen molar-refractivity contribution in [1.82, 2.24) is 0 Å². The van der Waals surface area contributed by atoms with Crippen LogP contribution in [0.5, 0.6) is 0 Å². The molecule has 2 aliphatic heterocycles. The first-order valence-corrected chi connectivity index (χ1v) is 9.97. The summed E-state index contributed by atoms with van der Waals surface area (Å²) < 4.78 is 11.7. The van der Waals surface area contributed by atoms with Crippen LogP contribution in [0.1, 0.15) is 63.9 Å². The van der Waals surface area contributed by atoms with E-state index in [4.69, 9.17) is 21.1 Å². The van der Waals surface area contributed by atoms with Gasteiger partial charge in [-0.2, -0.15) is 0 Å². The standard InChI is InChI=1S/C20H28ClNO3/c1-2-3-4-5-6-7-8-13-22-18-16(11-9-12-17(18)21)20(19(22)23)24-14-10-15-25-20/h9,11-12H,2-8,10,13-15H2,1H3. The van der Waals surface area contributed by atoms with E-state index in [9.17, 15) is 4.79 Å². The van der Waals surface area contributed by atoms with Gasteiger partial charge in [0.25, 0.3) is 11.7 Å². The second kappa shape index (κ2) is 8.52. The summed E-state index contributed by atoms with van der Waals surface area (Å²) in [7, 11) is 0. The predicted octanol–water partition coefficient (Wildman–Crippen LogP) is 5.03. The fraction of sp³-hybridized carbons (Fsp3) is 0.650. The van der Waals surface area contributed by atoms with Crippen molar-refractivity contribution in [3.63, 3.8) is 0 Å². The summed E-state index contributed by atoms with van der Waals surface area (Å²) in [6.07, 6.45) is 9.27. The Hall–Kier alpha value is -1.10. The Morgan fingerprint density at radius 1 is 1.08 bits per heavy atom. The van der Waals surface area contributed by atoms with E-state index in [1.54, 1.807) is 4.90 Å². The third kappa shape index (κ3) is 3.71. The Morgan fingerprint density at radius 2 is 1.76 bits per heavy atom. The predicted molar refractivity (Wildman–Crippen MR) is 100.0 cm³/mol. The maximum Gasteiger partial charge on any atom is 0.292 e. The Kier molecular flexibility index (Phi) is 6.37. The minimum atomic E-state index is -1.28. The van der Waals surface area contributed by atoms with Crippen molar-refractivity contribution in [2.45, 2.75) is 64.1 Å². The summed E-state index contributed by atoms with van der Waals surface area (Å²) in [6, 6.07) is 5.58. The molecule has 1 amide bonds. The number of hydrogen-bond acceptors (Lipinski definition) is 3. The molecule has 1 aromatic carbocycles. The zero-order valence-electron chi connectivity index (χ0n) is 15.1. The third-order valence-electron chi connectivity index (χ3n) is 5.02. The smallest absolute Gasteiger partial charge is 0.292 e. The highest BCUT2D eigenvalue weighted by molar-refractivity contribution is 6.35. The molecule has 3 rings (SSSR count). The molecule has 1 saturated heterocycles. The number of anilines is 1. The van der Waals surface area contributed by atoms with Crippen LogP contribution in [0, 0.1) is 0 Å². The van der Waals surface area contributed by atoms with E-state index in [0.29, 0.717) is 24.8 Å². The van der Waals surface area contributed by atoms with Crippen LogP contribution in [0.25, 0.3) is 0 Å². The number of hydrogen-bond donors (Lipinski definition) is 0. The molecular formula is C20H28ClNO3. The molecule has 0 radical (unpaired) electrons. The topological polar surface area (TPSA) is 38.8 Å². The molecule has 0 aliphatic carbocycles. The van der Waals surface area contributed by atoms with Crippen molar-refractivity contribution < 1.29 is 14.3 Å². The molecule has 0 unspecified atom stereocenters. The van der Waals surface area contributed by atoms with Crippen molar-refractivity contribution in [2.24, 2.45) is 0 Å². The van der Waals surface area contributed by atoms with Gasteiger partial charge < -0.3 is 14.4 Å². The Balaban J connectivity index is 1.67. The molecule has 0 atom stereocenters. The van der Waals surface area contributed by atoms with Crippen molar-refractivity contribution in [3.05, 3.63) is 28.8 Å². The number of ether oxygens (including phenoxy) is 2. The first kappa shape index (κ1) is 18.7. The molecule has 1 aromatic rings. The van der Waals surface area contributed by atoms with E-state index < -0.39 is 5.79 Å². The molecule has 5 heteroatoms. The number of unbranched alkanes of at least 4 members (excludes halogenated alkanes) is 6. The monoisotopic (exact) mass is 365 g/mol. The van der Waals surface area contributed by atoms with Crippen molar-refractivity contribution in [2.75, 3.05) is 24.7 Å². The van der Waals surface area contributed by atoms with Gasteiger partial charge in [-0.1, -0.05) is 69.2 Å². The van der Waals surface area contributed by atoms with Crippen LogP contribution in [-0.4, -0.2) is 25.7 Å². The van der Waals surface area contributed by atoms with E-state index in [-0.39, 0.29) is 5.91 Å². The number of carbonyl (C=O) groups is 1. The minimum absolute atomic E-state index is 0.124. The lowest BCUT2D eigenvalue weighted by molar-refractivity contribution is -0.256. The molecule has 4 nitrogen and oxygen atoms in total. The van der Waals surface area contributed by atoms with Gasteiger partial charge in [-0.05, 0) is 18.9 Å². The van der Waals surface area contributed by atoms with E-state index in [1.807, 2.05) is 18.2 Å². The molecule has 25 heavy (non-hydrogen) atoms. The highest BCUT2D eigenvalue weighted by Gasteiger charge is 2.55. The second-order valence-electron chi connectivity index (χ2n) is 6.88. The van der Waals surface area contributed by atoms with Gasteiger partial charge >= 0.3 is 0 Å². The summed E-state index contributed by atoms with van der Waals surface area (Å²) in [5, 5.41) is 0.587. The maximum atomic E-state index is 13.1. The van der Waals surface area contributed by atoms with Gasteiger partial charge in [0.15, 0.2) is 0 Å². The molecule has 0 N–H and O–H groups in total. The molecule has 0 saturated carbocycles. The van der Waals surface area contributed by atoms with Gasteiger partial charge in [-0.3, -0.25) is 4.79 Å². The van der Waals surface area contributed by atoms with Crippen LogP contribution in [-0.2, 0) is 20.1 Å². The molecular weight excluding hydrogens is 338 g/mol. The quantitative estimate of drug-likeness (QED) is 0.606. The average Bonchev–Trinajstić information content (AvgIpc) is 2.85. The Morgan fingerprint density at radius 3 is 2.48 bits per heavy atom. The number of rotatable bonds is 8. The molecule has 1 fully saturated rings. The third-order valence-corrected chi connectivity index (χ3v) is 5.33. The zero-order chi connectivity index (χ0) is 17.7. The van der Waals surface area contributed by atoms with Gasteiger partial charge in [0, 0.05) is 12.1 Å². The summed E-state index contributed by atoms with van der Waals surface area (Å²) in [5.41, 5.74) is 1.52. The van der Waals surface area contributed by atoms with E-state index >= 15 is 0 Å². The Bertz CT molecular complexity index is 599. The molecule has 0 bridgehead atoms. The van der Waals surface area contributed by atoms with Crippen molar-refractivity contribution in [1.29, 1.82) is 0 Å². The first-order valence-electron chi connectivity index (χ1n) is 9.59. The SMILES string of the molecule is CCCCCCCCCN1C(=O)C2(OCCCO2)c2cccc(Cl)c21. The molecule has 0 aromatic heterocycles. The summed E-state index contributed by atoms with van der Waals surface area (Å²) in [5.74, 6) is -1.40. The van der Waals surface area contributed by atoms with Gasteiger partial charge in [-0.25, -0.2) is 0 Å². The van der Waals surface area contributed by atoms with Crippen LogP contribution in [0.15, 0.2) is 18.2 Å². The number of halogens is 1. The molecule has 2 heterocycles. The van der Waals surface area contributed by atoms with Crippen LogP contribution >= 0.6 is 11.6 Å². The normalized spacial score (nSPS) is 18.8. The fourth-order valence-electron chi connectivity index (χ4n) is 3.70. The van der Waals surface area contributed by atoms with Crippen molar-refractivity contribution in [3.8, 4) is 0 Å². The lowest BCUT2D eigenvalue weighted by atomic mass is 10.1. The number of benzene rings is 1. The maximum absolute atomic E-state index is 13.1. The number of amides is 1. The number of carbonyl (C=O) groups excluding carboxylic acids is 1. The highest BCUT2D eigenvalue weighted by Crippen LogP contribution is 2.48. The summed E-state index contributed by atoms with van der Waals surface area (Å²) in [6.45, 7) is 3.95. The summed E-state index contributed by atoms with van der Waals surface area (Å²) in [4.78, 5) is 14.9. The fourth-order valence-corrected chi connectivity index (χ4v) is 3.98. The van der Waals surface area contributed by atoms with Crippen LogP contribution in [0.3, 0.4) is 0 Å². The zero-order valence-corrected chi connectivity index (χ0v) is 15.8. The molecule has 2 aliphatic rings. The highest BCUT2D eigenvalue weighted by atomic mass is 35.5. The van der Waals surface area contributed by atoms with Crippen LogP contribution in [0.4, 0.5) is 5.69 Å². The first-order chi connectivity index (χ1) is 12.2. The van der Waals surface area contributed by atoms with E-state index in [2.05, 4.69) is 6.92 Å². The van der Waals surface area contributed by atoms with Gasteiger partial charge in [0.1, 0.15) is 0 Å². The van der Waals surface area contributed by atoms with Gasteiger partial charge in [0.2, 0.25) is 0 Å². The number of para-hydroxylation sites is 1. The second-order valence-corrected chi connectivity index (χ2v) is 7.29. The lowest BCUT2D eigenvalue weighted by Crippen LogP contribution is -2.47. The summed E-state index contributed by atoms with van der Waals surface area (Å²) >= 11 is 6.42. The van der Waals surface area contributed by atoms with Gasteiger partial charge in [-0.15, -0.1) is 0 Å². The number of nitrogens with zero attached hydrogens (tertiary/aromatic N) is 1. The van der Waals surface area contributed by atoms with Crippen LogP contribution < -0.4 is 4.90 Å². The lowest BCUT2D eigenvalue weighted by Gasteiger charge is -2.32. The molecule has 1 spiro atoms. The van der Waals surface area contributed by atoms with E-state index in [0.717, 1.165) is 30.5 Å². The number of fused-ring (bicyclic) bond motifs is 2.